The van der Waals surface area contributed by atoms with E-state index in [2.05, 4.69) is 0 Å². The molecular formula is C19H14O4. The second-order valence-corrected chi connectivity index (χ2v) is 4.91. The topological polar surface area (TPSA) is 56.5 Å². The van der Waals surface area contributed by atoms with Crippen molar-refractivity contribution in [1.82, 2.24) is 0 Å². The van der Waals surface area contributed by atoms with Crippen LogP contribution in [0.5, 0.6) is 0 Å². The van der Waals surface area contributed by atoms with Gasteiger partial charge in [-0.25, -0.2) is 9.59 Å². The Kier molecular flexibility index (Phi) is 4.06. The summed E-state index contributed by atoms with van der Waals surface area (Å²) in [6.07, 6.45) is 0. The van der Waals surface area contributed by atoms with Crippen LogP contribution in [0, 0.1) is 0 Å². The SMILES string of the molecule is COC(=O)c1cc(-c2ccccc2)oc(=O)c1-c1ccccc1. The van der Waals surface area contributed by atoms with Crippen LogP contribution < -0.4 is 5.63 Å². The van der Waals surface area contributed by atoms with E-state index in [-0.39, 0.29) is 11.1 Å². The summed E-state index contributed by atoms with van der Waals surface area (Å²) in [6, 6.07) is 19.6. The lowest BCUT2D eigenvalue weighted by molar-refractivity contribution is 0.0600. The van der Waals surface area contributed by atoms with E-state index in [9.17, 15) is 9.59 Å². The molecule has 23 heavy (non-hydrogen) atoms. The maximum Gasteiger partial charge on any atom is 0.345 e. The molecule has 3 aromatic rings. The van der Waals surface area contributed by atoms with Gasteiger partial charge in [0.05, 0.1) is 18.2 Å². The number of hydrogen-bond acceptors (Lipinski definition) is 4. The molecule has 0 unspecified atom stereocenters. The zero-order valence-electron chi connectivity index (χ0n) is 12.5. The standard InChI is InChI=1S/C19H14O4/c1-22-18(20)15-12-16(13-8-4-2-5-9-13)23-19(21)17(15)14-10-6-3-7-11-14/h2-12H,1H3. The van der Waals surface area contributed by atoms with Gasteiger partial charge in [0.15, 0.2) is 0 Å². The number of methoxy groups -OCH3 is 1. The first-order valence-corrected chi connectivity index (χ1v) is 7.08. The van der Waals surface area contributed by atoms with E-state index < -0.39 is 11.6 Å². The van der Waals surface area contributed by atoms with Crippen molar-refractivity contribution in [3.05, 3.63) is 82.7 Å². The summed E-state index contributed by atoms with van der Waals surface area (Å²) < 4.78 is 10.2. The van der Waals surface area contributed by atoms with E-state index in [0.717, 1.165) is 5.56 Å². The van der Waals surface area contributed by atoms with Gasteiger partial charge in [-0.1, -0.05) is 60.7 Å². The minimum Gasteiger partial charge on any atom is -0.465 e. The molecule has 3 rings (SSSR count). The summed E-state index contributed by atoms with van der Waals surface area (Å²) in [5.74, 6) is -0.246. The second kappa shape index (κ2) is 6.32. The van der Waals surface area contributed by atoms with Crippen LogP contribution in [-0.2, 0) is 4.74 Å². The molecule has 0 aliphatic carbocycles. The first-order chi connectivity index (χ1) is 11.2. The van der Waals surface area contributed by atoms with Crippen LogP contribution in [0.25, 0.3) is 22.5 Å². The van der Waals surface area contributed by atoms with Crippen LogP contribution in [0.15, 0.2) is 75.9 Å². The number of hydrogen-bond donors (Lipinski definition) is 0. The first-order valence-electron chi connectivity index (χ1n) is 7.08. The Labute approximate surface area is 133 Å². The molecule has 0 atom stereocenters. The van der Waals surface area contributed by atoms with Crippen LogP contribution in [-0.4, -0.2) is 13.1 Å². The molecule has 1 aromatic heterocycles. The summed E-state index contributed by atoms with van der Waals surface area (Å²) >= 11 is 0. The van der Waals surface area contributed by atoms with Crippen molar-refractivity contribution in [2.24, 2.45) is 0 Å². The molecule has 0 N–H and O–H groups in total. The average Bonchev–Trinajstić information content (AvgIpc) is 2.61. The molecule has 0 radical (unpaired) electrons. The quantitative estimate of drug-likeness (QED) is 0.691. The Morgan fingerprint density at radius 2 is 1.48 bits per heavy atom. The highest BCUT2D eigenvalue weighted by atomic mass is 16.5. The molecule has 114 valence electrons. The molecule has 4 heteroatoms. The Morgan fingerprint density at radius 1 is 0.913 bits per heavy atom. The molecule has 0 aliphatic rings. The second-order valence-electron chi connectivity index (χ2n) is 4.91. The summed E-state index contributed by atoms with van der Waals surface area (Å²) in [5, 5.41) is 0. The molecule has 0 bridgehead atoms. The van der Waals surface area contributed by atoms with Gasteiger partial charge in [0.2, 0.25) is 0 Å². The predicted molar refractivity (Wildman–Crippen MR) is 87.2 cm³/mol. The molecule has 0 aliphatic heterocycles. The van der Waals surface area contributed by atoms with Gasteiger partial charge < -0.3 is 9.15 Å². The van der Waals surface area contributed by atoms with Crippen LogP contribution in [0.2, 0.25) is 0 Å². The maximum absolute atomic E-state index is 12.5. The van der Waals surface area contributed by atoms with Crippen LogP contribution in [0.3, 0.4) is 0 Å². The third-order valence-electron chi connectivity index (χ3n) is 3.48. The molecule has 2 aromatic carbocycles. The lowest BCUT2D eigenvalue weighted by Crippen LogP contribution is -2.13. The minimum atomic E-state index is -0.575. The predicted octanol–water partition coefficient (Wildman–Crippen LogP) is 3.76. The first kappa shape index (κ1) is 14.8. The van der Waals surface area contributed by atoms with E-state index in [1.54, 1.807) is 30.3 Å². The van der Waals surface area contributed by atoms with Crippen molar-refractivity contribution in [3.63, 3.8) is 0 Å². The van der Waals surface area contributed by atoms with Gasteiger partial charge in [0, 0.05) is 5.56 Å². The molecule has 0 saturated carbocycles. The van der Waals surface area contributed by atoms with Gasteiger partial charge in [-0.2, -0.15) is 0 Å². The Morgan fingerprint density at radius 3 is 2.04 bits per heavy atom. The van der Waals surface area contributed by atoms with Gasteiger partial charge >= 0.3 is 11.6 Å². The largest absolute Gasteiger partial charge is 0.465 e. The lowest BCUT2D eigenvalue weighted by atomic mass is 10.0. The third kappa shape index (κ3) is 2.92. The Bertz CT molecular complexity index is 880. The van der Waals surface area contributed by atoms with Gasteiger partial charge in [0.1, 0.15) is 5.76 Å². The molecule has 0 fully saturated rings. The number of carbonyl (C=O) groups is 1. The fourth-order valence-corrected chi connectivity index (χ4v) is 2.39. The average molecular weight is 306 g/mol. The highest BCUT2D eigenvalue weighted by molar-refractivity contribution is 5.97. The smallest absolute Gasteiger partial charge is 0.345 e. The van der Waals surface area contributed by atoms with Crippen LogP contribution in [0.1, 0.15) is 10.4 Å². The van der Waals surface area contributed by atoms with E-state index in [1.807, 2.05) is 36.4 Å². The molecule has 0 spiro atoms. The van der Waals surface area contributed by atoms with Crippen molar-refractivity contribution in [2.75, 3.05) is 7.11 Å². The van der Waals surface area contributed by atoms with E-state index in [4.69, 9.17) is 9.15 Å². The van der Waals surface area contributed by atoms with Gasteiger partial charge in [-0.05, 0) is 11.6 Å². The lowest BCUT2D eigenvalue weighted by Gasteiger charge is -2.09. The monoisotopic (exact) mass is 306 g/mol. The van der Waals surface area contributed by atoms with Gasteiger partial charge in [0.25, 0.3) is 0 Å². The zero-order chi connectivity index (χ0) is 16.2. The minimum absolute atomic E-state index is 0.189. The highest BCUT2D eigenvalue weighted by Gasteiger charge is 2.20. The third-order valence-corrected chi connectivity index (χ3v) is 3.48. The summed E-state index contributed by atoms with van der Waals surface area (Å²) in [6.45, 7) is 0. The van der Waals surface area contributed by atoms with Crippen molar-refractivity contribution >= 4 is 5.97 Å². The summed E-state index contributed by atoms with van der Waals surface area (Å²) in [4.78, 5) is 24.6. The number of rotatable bonds is 3. The number of benzene rings is 2. The molecular weight excluding hydrogens is 292 g/mol. The zero-order valence-corrected chi connectivity index (χ0v) is 12.5. The van der Waals surface area contributed by atoms with Crippen molar-refractivity contribution in [1.29, 1.82) is 0 Å². The number of carbonyl (C=O) groups excluding carboxylic acids is 1. The van der Waals surface area contributed by atoms with Gasteiger partial charge in [-0.15, -0.1) is 0 Å². The van der Waals surface area contributed by atoms with E-state index in [0.29, 0.717) is 11.3 Å². The fraction of sp³-hybridized carbons (Fsp3) is 0.0526. The molecule has 0 amide bonds. The van der Waals surface area contributed by atoms with Crippen molar-refractivity contribution < 1.29 is 13.9 Å². The molecule has 0 saturated heterocycles. The fourth-order valence-electron chi connectivity index (χ4n) is 2.39. The van der Waals surface area contributed by atoms with Gasteiger partial charge in [-0.3, -0.25) is 0 Å². The summed E-state index contributed by atoms with van der Waals surface area (Å²) in [5.41, 5.74) is 1.15. The highest BCUT2D eigenvalue weighted by Crippen LogP contribution is 2.26. The van der Waals surface area contributed by atoms with E-state index >= 15 is 0 Å². The van der Waals surface area contributed by atoms with E-state index in [1.165, 1.54) is 7.11 Å². The number of ether oxygens (including phenoxy) is 1. The molecule has 1 heterocycles. The molecule has 4 nitrogen and oxygen atoms in total. The maximum atomic E-state index is 12.5. The number of esters is 1. The summed E-state index contributed by atoms with van der Waals surface area (Å²) in [7, 11) is 1.29. The van der Waals surface area contributed by atoms with Crippen molar-refractivity contribution in [3.8, 4) is 22.5 Å². The van der Waals surface area contributed by atoms with Crippen molar-refractivity contribution in [2.45, 2.75) is 0 Å². The Hall–Kier alpha value is -3.14. The normalized spacial score (nSPS) is 10.3. The Balaban J connectivity index is 2.26. The van der Waals surface area contributed by atoms with Crippen LogP contribution in [0.4, 0.5) is 0 Å². The van der Waals surface area contributed by atoms with Crippen LogP contribution >= 0.6 is 0 Å².